The molecule has 0 spiro atoms. The maximum atomic E-state index is 5.97. The summed E-state index contributed by atoms with van der Waals surface area (Å²) in [6.45, 7) is 10.0. The smallest absolute Gasteiger partial charge is 0.471 e. The van der Waals surface area contributed by atoms with Gasteiger partial charge in [-0.15, -0.1) is 0 Å². The molecule has 3 heterocycles. The van der Waals surface area contributed by atoms with E-state index < -0.39 is 7.12 Å². The quantitative estimate of drug-likeness (QED) is 0.787. The van der Waals surface area contributed by atoms with Gasteiger partial charge >= 0.3 is 7.12 Å². The van der Waals surface area contributed by atoms with E-state index in [1.807, 2.05) is 51.4 Å². The lowest BCUT2D eigenvalue weighted by molar-refractivity contribution is 0.00578. The van der Waals surface area contributed by atoms with Gasteiger partial charge in [0.1, 0.15) is 17.7 Å². The summed E-state index contributed by atoms with van der Waals surface area (Å²) in [5.41, 5.74) is 0.863. The number of nitrogens with zero attached hydrogens (tertiary/aromatic N) is 2. The lowest BCUT2D eigenvalue weighted by Crippen LogP contribution is -2.41. The molecule has 0 bridgehead atoms. The van der Waals surface area contributed by atoms with Gasteiger partial charge in [-0.2, -0.15) is 0 Å². The van der Waals surface area contributed by atoms with Crippen molar-refractivity contribution in [2.75, 3.05) is 0 Å². The Hall–Kier alpha value is -1.53. The lowest BCUT2D eigenvalue weighted by Gasteiger charge is -2.32. The van der Waals surface area contributed by atoms with Crippen LogP contribution in [0.25, 0.3) is 5.69 Å². The molecule has 2 aromatic rings. The van der Waals surface area contributed by atoms with Crippen LogP contribution in [0.5, 0.6) is 0 Å². The first kappa shape index (κ1) is 13.5. The first-order chi connectivity index (χ1) is 9.30. The number of aromatic nitrogens is 2. The van der Waals surface area contributed by atoms with Gasteiger partial charge in [-0.25, -0.2) is 4.98 Å². The van der Waals surface area contributed by atoms with Crippen molar-refractivity contribution in [2.24, 2.45) is 0 Å². The minimum Gasteiger partial charge on any atom is -0.471 e. The van der Waals surface area contributed by atoms with Gasteiger partial charge < -0.3 is 18.3 Å². The first-order valence-corrected chi connectivity index (χ1v) is 6.74. The second-order valence-electron chi connectivity index (χ2n) is 6.14. The van der Waals surface area contributed by atoms with Crippen LogP contribution in [-0.4, -0.2) is 27.9 Å². The van der Waals surface area contributed by atoms with Crippen LogP contribution >= 0.6 is 0 Å². The molecule has 0 N–H and O–H groups in total. The Labute approximate surface area is 119 Å². The highest BCUT2D eigenvalue weighted by Gasteiger charge is 2.53. The number of imidazole rings is 1. The van der Waals surface area contributed by atoms with Gasteiger partial charge in [0.05, 0.1) is 16.9 Å². The van der Waals surface area contributed by atoms with Crippen LogP contribution in [0.4, 0.5) is 0 Å². The second kappa shape index (κ2) is 4.23. The van der Waals surface area contributed by atoms with Gasteiger partial charge in [-0.1, -0.05) is 0 Å². The summed E-state index contributed by atoms with van der Waals surface area (Å²) in [6.07, 6.45) is 5.35. The molecule has 0 saturated carbocycles. The highest BCUT2D eigenvalue weighted by molar-refractivity contribution is 6.60. The Balaban J connectivity index is 1.88. The van der Waals surface area contributed by atoms with Crippen LogP contribution in [0, 0.1) is 6.92 Å². The summed E-state index contributed by atoms with van der Waals surface area (Å²) in [7, 11) is -0.474. The number of furan rings is 1. The molecule has 0 atom stereocenters. The molecule has 3 rings (SSSR count). The molecule has 2 aromatic heterocycles. The Morgan fingerprint density at radius 2 is 1.80 bits per heavy atom. The average molecular weight is 274 g/mol. The topological polar surface area (TPSA) is 49.4 Å². The van der Waals surface area contributed by atoms with E-state index in [0.717, 1.165) is 11.5 Å². The van der Waals surface area contributed by atoms with Gasteiger partial charge in [0, 0.05) is 18.5 Å². The zero-order valence-electron chi connectivity index (χ0n) is 12.5. The Bertz CT molecular complexity index is 614. The molecule has 1 aliphatic rings. The Kier molecular flexibility index (Phi) is 2.85. The third-order valence-electron chi connectivity index (χ3n) is 4.20. The maximum absolute atomic E-state index is 5.97. The molecule has 0 amide bonds. The van der Waals surface area contributed by atoms with Crippen LogP contribution in [0.15, 0.2) is 29.1 Å². The van der Waals surface area contributed by atoms with E-state index in [2.05, 4.69) is 4.98 Å². The monoisotopic (exact) mass is 274 g/mol. The van der Waals surface area contributed by atoms with Crippen LogP contribution in [0.2, 0.25) is 0 Å². The van der Waals surface area contributed by atoms with Crippen molar-refractivity contribution in [1.29, 1.82) is 0 Å². The van der Waals surface area contributed by atoms with E-state index in [1.165, 1.54) is 0 Å². The van der Waals surface area contributed by atoms with Crippen molar-refractivity contribution in [3.05, 3.63) is 30.5 Å². The lowest BCUT2D eigenvalue weighted by atomic mass is 9.86. The average Bonchev–Trinajstić information content (AvgIpc) is 2.98. The molecule has 20 heavy (non-hydrogen) atoms. The van der Waals surface area contributed by atoms with Gasteiger partial charge in [-0.05, 0) is 34.6 Å². The van der Waals surface area contributed by atoms with Gasteiger partial charge in [0.25, 0.3) is 0 Å². The van der Waals surface area contributed by atoms with Crippen molar-refractivity contribution in [2.45, 2.75) is 45.8 Å². The third kappa shape index (κ3) is 1.99. The fraction of sp³-hybridized carbons (Fsp3) is 0.500. The molecule has 0 radical (unpaired) electrons. The first-order valence-electron chi connectivity index (χ1n) is 6.74. The highest BCUT2D eigenvalue weighted by Crippen LogP contribution is 2.36. The van der Waals surface area contributed by atoms with Crippen molar-refractivity contribution in [3.63, 3.8) is 0 Å². The normalized spacial score (nSPS) is 20.6. The molecule has 0 unspecified atom stereocenters. The van der Waals surface area contributed by atoms with Crippen molar-refractivity contribution in [1.82, 2.24) is 9.55 Å². The SMILES string of the molecule is Cc1nccn1-c1coc(B2OC(C)(C)C(C)(C)O2)c1. The predicted octanol–water partition coefficient (Wildman–Crippen LogP) is 2.07. The zero-order valence-corrected chi connectivity index (χ0v) is 12.5. The van der Waals surface area contributed by atoms with Gasteiger partial charge in [-0.3, -0.25) is 0 Å². The van der Waals surface area contributed by atoms with Crippen LogP contribution < -0.4 is 5.66 Å². The van der Waals surface area contributed by atoms with Crippen LogP contribution in [0.1, 0.15) is 33.5 Å². The Morgan fingerprint density at radius 1 is 1.15 bits per heavy atom. The van der Waals surface area contributed by atoms with E-state index in [0.29, 0.717) is 5.66 Å². The predicted molar refractivity (Wildman–Crippen MR) is 76.3 cm³/mol. The van der Waals surface area contributed by atoms with Crippen LogP contribution in [0.3, 0.4) is 0 Å². The Morgan fingerprint density at radius 3 is 2.35 bits per heavy atom. The minimum atomic E-state index is -0.474. The summed E-state index contributed by atoms with van der Waals surface area (Å²) in [5, 5.41) is 0. The summed E-state index contributed by atoms with van der Waals surface area (Å²) in [4.78, 5) is 4.20. The molecule has 1 aliphatic heterocycles. The minimum absolute atomic E-state index is 0.366. The summed E-state index contributed by atoms with van der Waals surface area (Å²) < 4.78 is 19.5. The summed E-state index contributed by atoms with van der Waals surface area (Å²) in [5.74, 6) is 0.909. The molecule has 0 aliphatic carbocycles. The fourth-order valence-corrected chi connectivity index (χ4v) is 2.20. The summed E-state index contributed by atoms with van der Waals surface area (Å²) >= 11 is 0. The van der Waals surface area contributed by atoms with Crippen LogP contribution in [-0.2, 0) is 9.31 Å². The van der Waals surface area contributed by atoms with Crippen molar-refractivity contribution < 1.29 is 13.7 Å². The number of hydrogen-bond acceptors (Lipinski definition) is 4. The number of hydrogen-bond donors (Lipinski definition) is 0. The zero-order chi connectivity index (χ0) is 14.5. The molecule has 1 fully saturated rings. The highest BCUT2D eigenvalue weighted by atomic mass is 16.7. The van der Waals surface area contributed by atoms with Crippen molar-refractivity contribution in [3.8, 4) is 5.69 Å². The largest absolute Gasteiger partial charge is 0.532 e. The van der Waals surface area contributed by atoms with E-state index in [1.54, 1.807) is 12.5 Å². The number of rotatable bonds is 2. The molecule has 106 valence electrons. The van der Waals surface area contributed by atoms with E-state index in [4.69, 9.17) is 13.7 Å². The molecule has 0 aromatic carbocycles. The van der Waals surface area contributed by atoms with E-state index in [-0.39, 0.29) is 11.2 Å². The number of aryl methyl sites for hydroxylation is 1. The molecule has 6 heteroatoms. The third-order valence-corrected chi connectivity index (χ3v) is 4.20. The molecule has 1 saturated heterocycles. The second-order valence-corrected chi connectivity index (χ2v) is 6.14. The molecular weight excluding hydrogens is 255 g/mol. The standard InChI is InChI=1S/C14H19BN2O3/c1-10-16-6-7-17(10)11-8-12(18-9-11)15-19-13(2,3)14(4,5)20-15/h6-9H,1-5H3. The fourth-order valence-electron chi connectivity index (χ4n) is 2.20. The molecule has 5 nitrogen and oxygen atoms in total. The van der Waals surface area contributed by atoms with Gasteiger partial charge in [0.2, 0.25) is 0 Å². The maximum Gasteiger partial charge on any atom is 0.532 e. The van der Waals surface area contributed by atoms with Crippen molar-refractivity contribution >= 4 is 12.8 Å². The molecular formula is C14H19BN2O3. The van der Waals surface area contributed by atoms with E-state index >= 15 is 0 Å². The van der Waals surface area contributed by atoms with E-state index in [9.17, 15) is 0 Å². The van der Waals surface area contributed by atoms with Gasteiger partial charge in [0.15, 0.2) is 0 Å². The summed E-state index contributed by atoms with van der Waals surface area (Å²) in [6, 6.07) is 1.93.